The Hall–Kier alpha value is -2.96. The Bertz CT molecular complexity index is 1290. The summed E-state index contributed by atoms with van der Waals surface area (Å²) in [4.78, 5) is 30.8. The van der Waals surface area contributed by atoms with Gasteiger partial charge in [0.25, 0.3) is 5.91 Å². The molecule has 5 rings (SSSR count). The molecule has 2 aliphatic heterocycles. The van der Waals surface area contributed by atoms with Crippen molar-refractivity contribution in [2.45, 2.75) is 57.4 Å². The highest BCUT2D eigenvalue weighted by Crippen LogP contribution is 2.27. The molecule has 212 valence electrons. The quantitative estimate of drug-likeness (QED) is 0.296. The Labute approximate surface area is 243 Å². The predicted octanol–water partition coefficient (Wildman–Crippen LogP) is 6.68. The number of fused-ring (bicyclic) bond motifs is 1. The molecular formula is C33H42ClN4O2+. The highest BCUT2D eigenvalue weighted by Gasteiger charge is 2.40. The van der Waals surface area contributed by atoms with Crippen LogP contribution in [0.2, 0.25) is 5.02 Å². The Balaban J connectivity index is 1.27. The SMILES string of the molecule is CC[C@H](CN1CC[C@H](CNC(=O)c2ccc3cc(Cl)ccc3c2)C[C@@H](CN2CCCCC2)[N+]1=O)c1ccccc1. The second kappa shape index (κ2) is 13.6. The number of carbonyl (C=O) groups excluding carboxylic acids is 1. The van der Waals surface area contributed by atoms with Gasteiger partial charge >= 0.3 is 0 Å². The van der Waals surface area contributed by atoms with Gasteiger partial charge in [-0.3, -0.25) is 9.69 Å². The van der Waals surface area contributed by atoms with Gasteiger partial charge in [0.2, 0.25) is 6.04 Å². The molecule has 2 heterocycles. The van der Waals surface area contributed by atoms with Crippen molar-refractivity contribution in [2.75, 3.05) is 39.3 Å². The Morgan fingerprint density at radius 1 is 1.00 bits per heavy atom. The molecule has 0 radical (unpaired) electrons. The lowest BCUT2D eigenvalue weighted by atomic mass is 9.95. The summed E-state index contributed by atoms with van der Waals surface area (Å²) in [6, 6.07) is 21.9. The van der Waals surface area contributed by atoms with Crippen molar-refractivity contribution in [3.63, 3.8) is 0 Å². The lowest BCUT2D eigenvalue weighted by Crippen LogP contribution is -2.47. The number of hydrazine groups is 1. The number of piperidine rings is 1. The fraction of sp³-hybridized carbons (Fsp3) is 0.485. The first kappa shape index (κ1) is 28.6. The van der Waals surface area contributed by atoms with Crippen molar-refractivity contribution in [3.05, 3.63) is 87.8 Å². The van der Waals surface area contributed by atoms with Crippen LogP contribution in [-0.4, -0.2) is 66.0 Å². The van der Waals surface area contributed by atoms with Gasteiger partial charge in [-0.15, -0.1) is 5.01 Å². The molecule has 2 aliphatic rings. The van der Waals surface area contributed by atoms with Crippen LogP contribution in [0.3, 0.4) is 0 Å². The number of nitrogens with one attached hydrogen (secondary N) is 1. The number of amides is 1. The van der Waals surface area contributed by atoms with Crippen molar-refractivity contribution in [3.8, 4) is 0 Å². The van der Waals surface area contributed by atoms with E-state index < -0.39 is 0 Å². The van der Waals surface area contributed by atoms with Crippen molar-refractivity contribution < 1.29 is 9.66 Å². The van der Waals surface area contributed by atoms with E-state index in [1.165, 1.54) is 29.7 Å². The molecule has 3 aromatic carbocycles. The third kappa shape index (κ3) is 7.21. The predicted molar refractivity (Wildman–Crippen MR) is 163 cm³/mol. The number of hydrogen-bond acceptors (Lipinski definition) is 3. The van der Waals surface area contributed by atoms with Crippen molar-refractivity contribution in [2.24, 2.45) is 5.92 Å². The monoisotopic (exact) mass is 561 g/mol. The fourth-order valence-electron chi connectivity index (χ4n) is 6.34. The first-order valence-electron chi connectivity index (χ1n) is 15.0. The minimum absolute atomic E-state index is 0.0698. The molecule has 0 spiro atoms. The van der Waals surface area contributed by atoms with Gasteiger partial charge in [0, 0.05) is 29.5 Å². The average Bonchev–Trinajstić information content (AvgIpc) is 3.13. The maximum atomic E-state index is 13.9. The van der Waals surface area contributed by atoms with E-state index in [4.69, 9.17) is 11.6 Å². The van der Waals surface area contributed by atoms with Crippen LogP contribution in [0, 0.1) is 10.8 Å². The summed E-state index contributed by atoms with van der Waals surface area (Å²) in [5, 5.41) is 7.94. The van der Waals surface area contributed by atoms with Gasteiger partial charge in [-0.2, -0.15) is 0 Å². The van der Waals surface area contributed by atoms with Crippen LogP contribution in [-0.2, 0) is 0 Å². The summed E-state index contributed by atoms with van der Waals surface area (Å²) in [7, 11) is 0. The Morgan fingerprint density at radius 2 is 1.75 bits per heavy atom. The summed E-state index contributed by atoms with van der Waals surface area (Å²) in [6.45, 7) is 7.14. The van der Waals surface area contributed by atoms with Crippen molar-refractivity contribution in [1.29, 1.82) is 0 Å². The number of rotatable bonds is 9. The highest BCUT2D eigenvalue weighted by atomic mass is 35.5. The Kier molecular flexibility index (Phi) is 9.71. The number of nitroso groups, excluding NO2 is 1. The van der Waals surface area contributed by atoms with Crippen LogP contribution >= 0.6 is 11.6 Å². The van der Waals surface area contributed by atoms with Gasteiger partial charge in [-0.05, 0) is 85.3 Å². The minimum Gasteiger partial charge on any atom is -0.352 e. The standard InChI is InChI=1S/C33H41ClN4O2/c1-2-26(27-9-5-3-6-10-27)23-37-18-15-25(19-32(38(37)40)24-36-16-7-4-8-17-36)22-35-33(39)30-12-11-29-21-31(34)14-13-28(29)20-30/h3,5-6,9-14,20-21,25-26,32H,2,4,7-8,15-19,22-24H2,1H3/p+1/t25-,26+,32-/m0/s1. The first-order chi connectivity index (χ1) is 19.5. The number of benzene rings is 3. The second-order valence-corrected chi connectivity index (χ2v) is 12.0. The summed E-state index contributed by atoms with van der Waals surface area (Å²) < 4.78 is 0. The largest absolute Gasteiger partial charge is 0.352 e. The molecule has 3 aromatic rings. The molecule has 3 atom stereocenters. The van der Waals surface area contributed by atoms with E-state index in [1.54, 1.807) is 0 Å². The van der Waals surface area contributed by atoms with E-state index in [0.29, 0.717) is 29.6 Å². The van der Waals surface area contributed by atoms with Crippen LogP contribution < -0.4 is 5.32 Å². The average molecular weight is 562 g/mol. The van der Waals surface area contributed by atoms with Crippen LogP contribution in [0.5, 0.6) is 0 Å². The highest BCUT2D eigenvalue weighted by molar-refractivity contribution is 6.31. The molecule has 7 heteroatoms. The van der Waals surface area contributed by atoms with Gasteiger partial charge in [0.1, 0.15) is 4.87 Å². The van der Waals surface area contributed by atoms with Crippen LogP contribution in [0.25, 0.3) is 10.8 Å². The van der Waals surface area contributed by atoms with Crippen LogP contribution in [0.4, 0.5) is 0 Å². The maximum absolute atomic E-state index is 13.9. The molecule has 1 amide bonds. The van der Waals surface area contributed by atoms with Crippen molar-refractivity contribution in [1.82, 2.24) is 15.2 Å². The number of likely N-dealkylation sites (tertiary alicyclic amines) is 1. The Morgan fingerprint density at radius 3 is 2.52 bits per heavy atom. The lowest BCUT2D eigenvalue weighted by molar-refractivity contribution is -0.733. The molecule has 0 saturated carbocycles. The van der Waals surface area contributed by atoms with Gasteiger partial charge in [-0.1, -0.05) is 67.4 Å². The minimum atomic E-state index is -0.110. The molecule has 6 nitrogen and oxygen atoms in total. The smallest absolute Gasteiger partial charge is 0.251 e. The molecule has 2 fully saturated rings. The number of hydrogen-bond donors (Lipinski definition) is 1. The number of carbonyl (C=O) groups is 1. The molecule has 0 unspecified atom stereocenters. The van der Waals surface area contributed by atoms with E-state index in [1.807, 2.05) is 47.5 Å². The third-order valence-corrected chi connectivity index (χ3v) is 8.96. The third-order valence-electron chi connectivity index (χ3n) is 8.72. The normalized spacial score (nSPS) is 21.2. The van der Waals surface area contributed by atoms with E-state index >= 15 is 0 Å². The zero-order valence-corrected chi connectivity index (χ0v) is 24.4. The zero-order chi connectivity index (χ0) is 27.9. The van der Waals surface area contributed by atoms with Crippen LogP contribution in [0.15, 0.2) is 66.7 Å². The van der Waals surface area contributed by atoms with Crippen LogP contribution in [0.1, 0.15) is 67.3 Å². The molecule has 40 heavy (non-hydrogen) atoms. The fourth-order valence-corrected chi connectivity index (χ4v) is 6.52. The second-order valence-electron chi connectivity index (χ2n) is 11.6. The molecule has 0 aliphatic carbocycles. The zero-order valence-electron chi connectivity index (χ0n) is 23.6. The number of nitrogens with zero attached hydrogens (tertiary/aromatic N) is 3. The summed E-state index contributed by atoms with van der Waals surface area (Å²) >= 11 is 6.12. The molecule has 0 bridgehead atoms. The van der Waals surface area contributed by atoms with Gasteiger partial charge in [0.05, 0.1) is 24.5 Å². The summed E-state index contributed by atoms with van der Waals surface area (Å²) in [5.74, 6) is 0.489. The van der Waals surface area contributed by atoms with Gasteiger partial charge < -0.3 is 5.32 Å². The van der Waals surface area contributed by atoms with E-state index in [2.05, 4.69) is 41.4 Å². The molecular weight excluding hydrogens is 520 g/mol. The van der Waals surface area contributed by atoms with Gasteiger partial charge in [0.15, 0.2) is 0 Å². The topological polar surface area (TPSA) is 55.7 Å². The molecule has 1 N–H and O–H groups in total. The summed E-state index contributed by atoms with van der Waals surface area (Å²) in [5.41, 5.74) is 1.94. The van der Waals surface area contributed by atoms with Gasteiger partial charge in [-0.25, -0.2) is 0 Å². The van der Waals surface area contributed by atoms with E-state index in [0.717, 1.165) is 56.2 Å². The summed E-state index contributed by atoms with van der Waals surface area (Å²) in [6.07, 6.45) is 6.35. The van der Waals surface area contributed by atoms with E-state index in [9.17, 15) is 9.70 Å². The molecule has 2 saturated heterocycles. The van der Waals surface area contributed by atoms with Crippen molar-refractivity contribution >= 4 is 28.3 Å². The maximum Gasteiger partial charge on any atom is 0.251 e. The first-order valence-corrected chi connectivity index (χ1v) is 15.3. The molecule has 0 aromatic heterocycles. The lowest BCUT2D eigenvalue weighted by Gasteiger charge is -2.28. The number of halogens is 1. The van der Waals surface area contributed by atoms with E-state index in [-0.39, 0.29) is 17.9 Å².